The van der Waals surface area contributed by atoms with Crippen LogP contribution in [0, 0.1) is 13.8 Å². The highest BCUT2D eigenvalue weighted by atomic mass is 35.5. The lowest BCUT2D eigenvalue weighted by Crippen LogP contribution is -1.97. The number of hydrogen-bond acceptors (Lipinski definition) is 3. The van der Waals surface area contributed by atoms with Crippen LogP contribution in [0.1, 0.15) is 11.5 Å². The lowest BCUT2D eigenvalue weighted by molar-refractivity contribution is 0.893. The summed E-state index contributed by atoms with van der Waals surface area (Å²) in [5, 5.41) is 4.20. The van der Waals surface area contributed by atoms with E-state index in [0.717, 1.165) is 17.2 Å². The monoisotopic (exact) mass is 198 g/mol. The molecule has 0 bridgehead atoms. The Balaban J connectivity index is 0.000000845. The van der Waals surface area contributed by atoms with Crippen LogP contribution >= 0.6 is 12.4 Å². The van der Waals surface area contributed by atoms with Crippen molar-refractivity contribution in [1.29, 1.82) is 0 Å². The normalized spacial score (nSPS) is 10.0. The smallest absolute Gasteiger partial charge is 0.178 e. The van der Waals surface area contributed by atoms with Crippen LogP contribution < -0.4 is 5.73 Å². The zero-order valence-electron chi connectivity index (χ0n) is 7.48. The molecule has 2 N–H and O–H groups in total. The summed E-state index contributed by atoms with van der Waals surface area (Å²) < 4.78 is 1.75. The highest BCUT2D eigenvalue weighted by Crippen LogP contribution is 2.12. The first-order valence-electron chi connectivity index (χ1n) is 3.77. The molecule has 0 aliphatic heterocycles. The summed E-state index contributed by atoms with van der Waals surface area (Å²) in [5.41, 5.74) is 8.17. The standard InChI is InChI=1S/C8H10N4.ClH/c1-5-3-4-7(9)8-10-6(2)11-12(5)8;/h3-4H,9H2,1-2H3;1H. The maximum Gasteiger partial charge on any atom is 0.178 e. The fraction of sp³-hybridized carbons (Fsp3) is 0.250. The zero-order valence-corrected chi connectivity index (χ0v) is 8.30. The van der Waals surface area contributed by atoms with Crippen LogP contribution in [0.3, 0.4) is 0 Å². The minimum atomic E-state index is 0. The van der Waals surface area contributed by atoms with Gasteiger partial charge in [-0.3, -0.25) is 0 Å². The fourth-order valence-corrected chi connectivity index (χ4v) is 1.20. The quantitative estimate of drug-likeness (QED) is 0.695. The van der Waals surface area contributed by atoms with Gasteiger partial charge in [-0.1, -0.05) is 0 Å². The number of anilines is 1. The molecule has 0 atom stereocenters. The molecular weight excluding hydrogens is 188 g/mol. The van der Waals surface area contributed by atoms with E-state index in [2.05, 4.69) is 10.1 Å². The number of nitrogens with two attached hydrogens (primary N) is 1. The zero-order chi connectivity index (χ0) is 8.72. The van der Waals surface area contributed by atoms with Crippen molar-refractivity contribution in [3.8, 4) is 0 Å². The van der Waals surface area contributed by atoms with Crippen LogP contribution in [0.25, 0.3) is 5.65 Å². The van der Waals surface area contributed by atoms with Crippen molar-refractivity contribution in [1.82, 2.24) is 14.6 Å². The molecule has 0 aromatic carbocycles. The van der Waals surface area contributed by atoms with Crippen LogP contribution in [0.5, 0.6) is 0 Å². The predicted octanol–water partition coefficient (Wildman–Crippen LogP) is 1.35. The maximum atomic E-state index is 5.72. The number of fused-ring (bicyclic) bond motifs is 1. The van der Waals surface area contributed by atoms with E-state index in [-0.39, 0.29) is 12.4 Å². The Labute approximate surface area is 82.2 Å². The Hall–Kier alpha value is -1.29. The third-order valence-electron chi connectivity index (χ3n) is 1.81. The molecule has 0 saturated carbocycles. The average molecular weight is 199 g/mol. The predicted molar refractivity (Wildman–Crippen MR) is 54.1 cm³/mol. The van der Waals surface area contributed by atoms with E-state index in [0.29, 0.717) is 5.69 Å². The van der Waals surface area contributed by atoms with Crippen LogP contribution in [-0.2, 0) is 0 Å². The molecule has 0 fully saturated rings. The van der Waals surface area contributed by atoms with Gasteiger partial charge in [-0.05, 0) is 26.0 Å². The molecular formula is C8H11ClN4. The molecule has 2 aromatic rings. The van der Waals surface area contributed by atoms with Crippen LogP contribution in [0.15, 0.2) is 12.1 Å². The van der Waals surface area contributed by atoms with Gasteiger partial charge in [0.2, 0.25) is 0 Å². The maximum absolute atomic E-state index is 5.72. The third-order valence-corrected chi connectivity index (χ3v) is 1.81. The number of aromatic nitrogens is 3. The highest BCUT2D eigenvalue weighted by molar-refractivity contribution is 5.85. The first kappa shape index (κ1) is 9.80. The van der Waals surface area contributed by atoms with E-state index in [1.165, 1.54) is 0 Å². The van der Waals surface area contributed by atoms with Crippen molar-refractivity contribution in [3.05, 3.63) is 23.7 Å². The number of pyridine rings is 1. The Morgan fingerprint density at radius 1 is 1.31 bits per heavy atom. The van der Waals surface area contributed by atoms with E-state index in [1.807, 2.05) is 26.0 Å². The molecule has 2 aromatic heterocycles. The van der Waals surface area contributed by atoms with Gasteiger partial charge in [0, 0.05) is 5.69 Å². The van der Waals surface area contributed by atoms with Crippen molar-refractivity contribution < 1.29 is 0 Å². The number of nitrogens with zero attached hydrogens (tertiary/aromatic N) is 3. The van der Waals surface area contributed by atoms with Crippen LogP contribution in [0.4, 0.5) is 5.69 Å². The molecule has 4 nitrogen and oxygen atoms in total. The van der Waals surface area contributed by atoms with Crippen molar-refractivity contribution in [2.24, 2.45) is 0 Å². The molecule has 70 valence electrons. The first-order chi connectivity index (χ1) is 5.68. The Morgan fingerprint density at radius 2 is 2.00 bits per heavy atom. The molecule has 0 spiro atoms. The average Bonchev–Trinajstić information content (AvgIpc) is 2.41. The number of hydrogen-bond donors (Lipinski definition) is 1. The summed E-state index contributed by atoms with van der Waals surface area (Å²) in [7, 11) is 0. The molecule has 5 heteroatoms. The number of nitrogen functional groups attached to an aromatic ring is 1. The second-order valence-electron chi connectivity index (χ2n) is 2.82. The largest absolute Gasteiger partial charge is 0.396 e. The second kappa shape index (κ2) is 3.22. The third kappa shape index (κ3) is 1.45. The number of rotatable bonds is 0. The minimum absolute atomic E-state index is 0. The summed E-state index contributed by atoms with van der Waals surface area (Å²) in [6.07, 6.45) is 0. The summed E-state index contributed by atoms with van der Waals surface area (Å²) in [4.78, 5) is 4.20. The van der Waals surface area contributed by atoms with Gasteiger partial charge in [0.25, 0.3) is 0 Å². The molecule has 0 aliphatic carbocycles. The van der Waals surface area contributed by atoms with Gasteiger partial charge in [0.1, 0.15) is 5.82 Å². The Morgan fingerprint density at radius 3 is 2.62 bits per heavy atom. The summed E-state index contributed by atoms with van der Waals surface area (Å²) in [6.45, 7) is 3.83. The van der Waals surface area contributed by atoms with Gasteiger partial charge >= 0.3 is 0 Å². The Kier molecular flexibility index (Phi) is 2.43. The van der Waals surface area contributed by atoms with Gasteiger partial charge < -0.3 is 5.73 Å². The van der Waals surface area contributed by atoms with Gasteiger partial charge in [-0.15, -0.1) is 12.4 Å². The van der Waals surface area contributed by atoms with Gasteiger partial charge in [-0.2, -0.15) is 5.10 Å². The molecule has 13 heavy (non-hydrogen) atoms. The molecule has 0 aliphatic rings. The lowest BCUT2D eigenvalue weighted by Gasteiger charge is -1.98. The highest BCUT2D eigenvalue weighted by Gasteiger charge is 2.03. The van der Waals surface area contributed by atoms with E-state index >= 15 is 0 Å². The molecule has 0 radical (unpaired) electrons. The lowest BCUT2D eigenvalue weighted by atomic mass is 10.3. The molecule has 0 saturated heterocycles. The van der Waals surface area contributed by atoms with E-state index in [4.69, 9.17) is 5.73 Å². The summed E-state index contributed by atoms with van der Waals surface area (Å²) in [6, 6.07) is 3.77. The van der Waals surface area contributed by atoms with Gasteiger partial charge in [0.15, 0.2) is 5.65 Å². The van der Waals surface area contributed by atoms with E-state index in [1.54, 1.807) is 4.52 Å². The Bertz CT molecular complexity index is 396. The number of aryl methyl sites for hydroxylation is 2. The van der Waals surface area contributed by atoms with Crippen molar-refractivity contribution >= 4 is 23.7 Å². The van der Waals surface area contributed by atoms with Gasteiger partial charge in [0.05, 0.1) is 5.69 Å². The first-order valence-corrected chi connectivity index (χ1v) is 3.77. The van der Waals surface area contributed by atoms with E-state index < -0.39 is 0 Å². The SMILES string of the molecule is Cc1nc2c(N)ccc(C)n2n1.Cl. The molecule has 2 heterocycles. The second-order valence-corrected chi connectivity index (χ2v) is 2.82. The van der Waals surface area contributed by atoms with Crippen LogP contribution in [0.2, 0.25) is 0 Å². The number of halogens is 1. The van der Waals surface area contributed by atoms with Crippen LogP contribution in [-0.4, -0.2) is 14.6 Å². The molecule has 0 unspecified atom stereocenters. The summed E-state index contributed by atoms with van der Waals surface area (Å²) >= 11 is 0. The van der Waals surface area contributed by atoms with Crippen molar-refractivity contribution in [2.45, 2.75) is 13.8 Å². The molecule has 2 rings (SSSR count). The fourth-order valence-electron chi connectivity index (χ4n) is 1.20. The van der Waals surface area contributed by atoms with Crippen molar-refractivity contribution in [2.75, 3.05) is 5.73 Å². The van der Waals surface area contributed by atoms with Gasteiger partial charge in [-0.25, -0.2) is 9.50 Å². The van der Waals surface area contributed by atoms with Crippen molar-refractivity contribution in [3.63, 3.8) is 0 Å². The topological polar surface area (TPSA) is 56.2 Å². The summed E-state index contributed by atoms with van der Waals surface area (Å²) in [5.74, 6) is 0.746. The molecule has 0 amide bonds. The van der Waals surface area contributed by atoms with E-state index in [9.17, 15) is 0 Å². The minimum Gasteiger partial charge on any atom is -0.396 e.